The highest BCUT2D eigenvalue weighted by Gasteiger charge is 2.29. The van der Waals surface area contributed by atoms with Crippen molar-refractivity contribution in [3.63, 3.8) is 0 Å². The molecule has 168 valence electrons. The Morgan fingerprint density at radius 2 is 1.73 bits per heavy atom. The van der Waals surface area contributed by atoms with Crippen LogP contribution in [0.25, 0.3) is 5.57 Å². The van der Waals surface area contributed by atoms with Crippen LogP contribution >= 0.6 is 0 Å². The van der Waals surface area contributed by atoms with Crippen LogP contribution in [0.15, 0.2) is 18.2 Å². The van der Waals surface area contributed by atoms with Crippen molar-refractivity contribution in [3.05, 3.63) is 35.4 Å². The molecule has 5 heteroatoms. The zero-order valence-electron chi connectivity index (χ0n) is 17.9. The maximum Gasteiger partial charge on any atom is 0.272 e. The van der Waals surface area contributed by atoms with Crippen LogP contribution in [0.2, 0.25) is 0 Å². The molecule has 0 saturated heterocycles. The second-order valence-electron chi connectivity index (χ2n) is 8.98. The molecule has 1 nitrogen and oxygen atoms in total. The zero-order chi connectivity index (χ0) is 21.5. The van der Waals surface area contributed by atoms with Crippen molar-refractivity contribution in [2.24, 2.45) is 17.8 Å². The molecule has 1 unspecified atom stereocenters. The van der Waals surface area contributed by atoms with Gasteiger partial charge in [-0.2, -0.15) is 4.39 Å². The molecule has 3 rings (SSSR count). The predicted molar refractivity (Wildman–Crippen MR) is 113 cm³/mol. The van der Waals surface area contributed by atoms with Gasteiger partial charge in [-0.25, -0.2) is 13.2 Å². The summed E-state index contributed by atoms with van der Waals surface area (Å²) in [5.74, 6) is -0.368. The van der Waals surface area contributed by atoms with Crippen LogP contribution in [0.5, 0.6) is 5.75 Å². The van der Waals surface area contributed by atoms with E-state index in [9.17, 15) is 17.6 Å². The van der Waals surface area contributed by atoms with Crippen molar-refractivity contribution < 1.29 is 22.3 Å². The number of benzene rings is 1. The molecular weight excluding hydrogens is 392 g/mol. The molecule has 0 amide bonds. The van der Waals surface area contributed by atoms with Gasteiger partial charge in [0.25, 0.3) is 6.43 Å². The Labute approximate surface area is 177 Å². The van der Waals surface area contributed by atoms with Crippen molar-refractivity contribution in [1.29, 1.82) is 0 Å². The van der Waals surface area contributed by atoms with Crippen LogP contribution < -0.4 is 4.74 Å². The molecular formula is C25H34F4O. The number of unbranched alkanes of at least 4 members (excludes halogenated alkanes) is 2. The topological polar surface area (TPSA) is 9.23 Å². The first-order valence-electron chi connectivity index (χ1n) is 11.6. The SMILES string of the molecule is CCCCCC1CCC(C2CC=C(c3ccc(OCC(F)F)c(F)c3F)CC2)CC1. The Morgan fingerprint density at radius 1 is 0.967 bits per heavy atom. The molecule has 1 fully saturated rings. The van der Waals surface area contributed by atoms with Gasteiger partial charge in [-0.05, 0) is 67.6 Å². The lowest BCUT2D eigenvalue weighted by Crippen LogP contribution is -2.23. The molecule has 1 aromatic carbocycles. The summed E-state index contributed by atoms with van der Waals surface area (Å²) >= 11 is 0. The Kier molecular flexibility index (Phi) is 8.64. The van der Waals surface area contributed by atoms with Crippen molar-refractivity contribution in [1.82, 2.24) is 0 Å². The predicted octanol–water partition coefficient (Wildman–Crippen LogP) is 8.18. The standard InChI is InChI=1S/C25H34F4O/c1-2-3-4-5-17-6-8-18(9-7-17)19-10-12-20(13-11-19)21-14-15-22(25(29)24(21)28)30-16-23(26)27/h12,14-15,17-19,23H,2-11,13,16H2,1H3. The summed E-state index contributed by atoms with van der Waals surface area (Å²) in [6.45, 7) is 1.30. The van der Waals surface area contributed by atoms with Gasteiger partial charge in [0, 0.05) is 5.56 Å². The molecule has 1 aromatic rings. The van der Waals surface area contributed by atoms with E-state index in [1.165, 1.54) is 63.5 Å². The van der Waals surface area contributed by atoms with Crippen LogP contribution in [0.3, 0.4) is 0 Å². The van der Waals surface area contributed by atoms with Crippen LogP contribution in [0, 0.1) is 29.4 Å². The first kappa shape index (κ1) is 23.1. The zero-order valence-corrected chi connectivity index (χ0v) is 17.9. The molecule has 0 bridgehead atoms. The average molecular weight is 427 g/mol. The smallest absolute Gasteiger partial charge is 0.272 e. The summed E-state index contributed by atoms with van der Waals surface area (Å²) in [5.41, 5.74) is 1.05. The molecule has 0 aliphatic heterocycles. The van der Waals surface area contributed by atoms with E-state index in [0.717, 1.165) is 36.7 Å². The van der Waals surface area contributed by atoms with Gasteiger partial charge in [0.05, 0.1) is 0 Å². The summed E-state index contributed by atoms with van der Waals surface area (Å²) in [4.78, 5) is 0. The van der Waals surface area contributed by atoms with Gasteiger partial charge in [-0.1, -0.05) is 51.5 Å². The summed E-state index contributed by atoms with van der Waals surface area (Å²) in [5, 5.41) is 0. The second kappa shape index (κ2) is 11.2. The lowest BCUT2D eigenvalue weighted by molar-refractivity contribution is 0.0795. The van der Waals surface area contributed by atoms with Crippen LogP contribution in [0.1, 0.15) is 83.1 Å². The Balaban J connectivity index is 1.54. The molecule has 1 saturated carbocycles. The largest absolute Gasteiger partial charge is 0.484 e. The van der Waals surface area contributed by atoms with E-state index in [-0.39, 0.29) is 5.56 Å². The van der Waals surface area contributed by atoms with Crippen molar-refractivity contribution in [2.45, 2.75) is 84.0 Å². The summed E-state index contributed by atoms with van der Waals surface area (Å²) in [7, 11) is 0. The van der Waals surface area contributed by atoms with Gasteiger partial charge < -0.3 is 4.74 Å². The number of alkyl halides is 2. The number of allylic oxidation sites excluding steroid dienone is 2. The number of hydrogen-bond donors (Lipinski definition) is 0. The van der Waals surface area contributed by atoms with E-state index < -0.39 is 30.4 Å². The highest BCUT2D eigenvalue weighted by atomic mass is 19.3. The monoisotopic (exact) mass is 426 g/mol. The fraction of sp³-hybridized carbons (Fsp3) is 0.680. The van der Waals surface area contributed by atoms with Gasteiger partial charge in [-0.3, -0.25) is 0 Å². The highest BCUT2D eigenvalue weighted by molar-refractivity contribution is 5.67. The van der Waals surface area contributed by atoms with E-state index in [1.54, 1.807) is 0 Å². The van der Waals surface area contributed by atoms with Crippen molar-refractivity contribution in [2.75, 3.05) is 6.61 Å². The lowest BCUT2D eigenvalue weighted by Gasteiger charge is -2.35. The third-order valence-corrected chi connectivity index (χ3v) is 6.98. The van der Waals surface area contributed by atoms with Gasteiger partial charge in [-0.15, -0.1) is 0 Å². The van der Waals surface area contributed by atoms with Gasteiger partial charge in [0.1, 0.15) is 6.61 Å². The maximum absolute atomic E-state index is 14.5. The van der Waals surface area contributed by atoms with Gasteiger partial charge >= 0.3 is 0 Å². The lowest BCUT2D eigenvalue weighted by atomic mass is 9.70. The average Bonchev–Trinajstić information content (AvgIpc) is 2.76. The molecule has 1 atom stereocenters. The maximum atomic E-state index is 14.5. The normalized spacial score (nSPS) is 24.7. The number of halogens is 4. The number of ether oxygens (including phenoxy) is 1. The minimum Gasteiger partial charge on any atom is -0.484 e. The fourth-order valence-electron chi connectivity index (χ4n) is 5.20. The summed E-state index contributed by atoms with van der Waals surface area (Å²) < 4.78 is 57.9. The number of hydrogen-bond acceptors (Lipinski definition) is 1. The van der Waals surface area contributed by atoms with Crippen LogP contribution in [-0.4, -0.2) is 13.0 Å². The molecule has 0 aromatic heterocycles. The van der Waals surface area contributed by atoms with E-state index in [0.29, 0.717) is 5.92 Å². The molecule has 2 aliphatic carbocycles. The van der Waals surface area contributed by atoms with E-state index in [2.05, 4.69) is 17.7 Å². The molecule has 0 radical (unpaired) electrons. The first-order chi connectivity index (χ1) is 14.5. The first-order valence-corrected chi connectivity index (χ1v) is 11.6. The third kappa shape index (κ3) is 6.01. The highest BCUT2D eigenvalue weighted by Crippen LogP contribution is 2.42. The minimum absolute atomic E-state index is 0.231. The summed E-state index contributed by atoms with van der Waals surface area (Å²) in [6, 6.07) is 2.70. The minimum atomic E-state index is -2.73. The van der Waals surface area contributed by atoms with Crippen molar-refractivity contribution in [3.8, 4) is 5.75 Å². The quantitative estimate of drug-likeness (QED) is 0.286. The fourth-order valence-corrected chi connectivity index (χ4v) is 5.20. The van der Waals surface area contributed by atoms with E-state index in [1.807, 2.05) is 0 Å². The van der Waals surface area contributed by atoms with Gasteiger partial charge in [0.2, 0.25) is 5.82 Å². The van der Waals surface area contributed by atoms with E-state index in [4.69, 9.17) is 0 Å². The molecule has 0 spiro atoms. The third-order valence-electron chi connectivity index (χ3n) is 6.98. The Bertz CT molecular complexity index is 707. The molecule has 0 heterocycles. The Morgan fingerprint density at radius 3 is 2.37 bits per heavy atom. The summed E-state index contributed by atoms with van der Waals surface area (Å²) in [6.07, 6.45) is 12.6. The Hall–Kier alpha value is -1.52. The van der Waals surface area contributed by atoms with Gasteiger partial charge in [0.15, 0.2) is 11.6 Å². The molecule has 30 heavy (non-hydrogen) atoms. The van der Waals surface area contributed by atoms with Crippen molar-refractivity contribution >= 4 is 5.57 Å². The molecule has 0 N–H and O–H groups in total. The second-order valence-corrected chi connectivity index (χ2v) is 8.98. The van der Waals surface area contributed by atoms with E-state index >= 15 is 0 Å². The number of rotatable bonds is 9. The van der Waals surface area contributed by atoms with Crippen LogP contribution in [0.4, 0.5) is 17.6 Å². The van der Waals surface area contributed by atoms with Crippen LogP contribution in [-0.2, 0) is 0 Å². The molecule has 2 aliphatic rings.